The van der Waals surface area contributed by atoms with E-state index in [1.165, 1.54) is 45.0 Å². The standard InChI is InChI=1S/C15H23FN2O4S/c1-5-22-18(11-19)14-8-6-13(7-9-14)15(4,16)10-17-23(20,21)12(2)3/h6-9,11-12,17H,5,10H2,1-4H3. The molecule has 0 aliphatic rings. The number of hydroxylamine groups is 1. The zero-order valence-corrected chi connectivity index (χ0v) is 14.6. The summed E-state index contributed by atoms with van der Waals surface area (Å²) >= 11 is 0. The number of benzene rings is 1. The molecule has 1 atom stereocenters. The molecule has 0 fully saturated rings. The third kappa shape index (κ3) is 5.26. The summed E-state index contributed by atoms with van der Waals surface area (Å²) in [6.07, 6.45) is 0.518. The SMILES string of the molecule is CCON(C=O)c1ccc(C(C)(F)CNS(=O)(=O)C(C)C)cc1. The predicted molar refractivity (Wildman–Crippen MR) is 87.1 cm³/mol. The Balaban J connectivity index is 2.87. The third-order valence-electron chi connectivity index (χ3n) is 3.31. The molecule has 0 saturated heterocycles. The first kappa shape index (κ1) is 19.5. The van der Waals surface area contributed by atoms with Gasteiger partial charge in [-0.1, -0.05) is 12.1 Å². The second kappa shape index (κ2) is 7.85. The highest BCUT2D eigenvalue weighted by Gasteiger charge is 2.29. The average Bonchev–Trinajstić information content (AvgIpc) is 2.51. The smallest absolute Gasteiger partial charge is 0.238 e. The first-order chi connectivity index (χ1) is 10.6. The monoisotopic (exact) mass is 346 g/mol. The summed E-state index contributed by atoms with van der Waals surface area (Å²) in [6.45, 7) is 6.03. The molecule has 1 unspecified atom stereocenters. The number of hydrogen-bond acceptors (Lipinski definition) is 4. The number of carbonyl (C=O) groups is 1. The Hall–Kier alpha value is -1.51. The zero-order valence-electron chi connectivity index (χ0n) is 13.7. The second-order valence-corrected chi connectivity index (χ2v) is 7.83. The van der Waals surface area contributed by atoms with Crippen molar-refractivity contribution >= 4 is 22.1 Å². The van der Waals surface area contributed by atoms with Gasteiger partial charge < -0.3 is 0 Å². The van der Waals surface area contributed by atoms with Crippen LogP contribution in [0.5, 0.6) is 0 Å². The van der Waals surface area contributed by atoms with E-state index in [2.05, 4.69) is 4.72 Å². The predicted octanol–water partition coefficient (Wildman–Crippen LogP) is 2.11. The van der Waals surface area contributed by atoms with Crippen LogP contribution in [-0.2, 0) is 25.3 Å². The Morgan fingerprint density at radius 2 is 1.91 bits per heavy atom. The summed E-state index contributed by atoms with van der Waals surface area (Å²) in [4.78, 5) is 16.0. The quantitative estimate of drug-likeness (QED) is 0.549. The summed E-state index contributed by atoms with van der Waals surface area (Å²) in [5.41, 5.74) is -1.11. The molecule has 1 amide bonds. The number of amides is 1. The molecule has 1 rings (SSSR count). The molecule has 6 nitrogen and oxygen atoms in total. The van der Waals surface area contributed by atoms with Crippen molar-refractivity contribution in [1.29, 1.82) is 0 Å². The van der Waals surface area contributed by atoms with Crippen molar-refractivity contribution in [1.82, 2.24) is 4.72 Å². The number of sulfonamides is 1. The molecule has 1 aromatic rings. The van der Waals surface area contributed by atoms with Crippen LogP contribution < -0.4 is 9.79 Å². The van der Waals surface area contributed by atoms with Crippen LogP contribution in [0.15, 0.2) is 24.3 Å². The normalized spacial score (nSPS) is 14.5. The largest absolute Gasteiger partial charge is 0.276 e. The number of carbonyl (C=O) groups excluding carboxylic acids is 1. The van der Waals surface area contributed by atoms with E-state index in [9.17, 15) is 17.6 Å². The molecular weight excluding hydrogens is 323 g/mol. The average molecular weight is 346 g/mol. The first-order valence-corrected chi connectivity index (χ1v) is 8.84. The van der Waals surface area contributed by atoms with E-state index in [1.54, 1.807) is 6.92 Å². The van der Waals surface area contributed by atoms with Gasteiger partial charge in [0.1, 0.15) is 5.67 Å². The van der Waals surface area contributed by atoms with Gasteiger partial charge in [-0.3, -0.25) is 9.63 Å². The summed E-state index contributed by atoms with van der Waals surface area (Å²) in [6, 6.07) is 6.06. The van der Waals surface area contributed by atoms with Gasteiger partial charge in [0.25, 0.3) is 0 Å². The van der Waals surface area contributed by atoms with Crippen LogP contribution in [0.3, 0.4) is 0 Å². The molecule has 0 bridgehead atoms. The number of alkyl halides is 1. The lowest BCUT2D eigenvalue weighted by Crippen LogP contribution is -2.39. The van der Waals surface area contributed by atoms with Gasteiger partial charge in [-0.15, -0.1) is 0 Å². The van der Waals surface area contributed by atoms with E-state index in [1.807, 2.05) is 0 Å². The fourth-order valence-corrected chi connectivity index (χ4v) is 2.57. The fourth-order valence-electron chi connectivity index (χ4n) is 1.77. The first-order valence-electron chi connectivity index (χ1n) is 7.29. The van der Waals surface area contributed by atoms with Crippen molar-refractivity contribution in [3.63, 3.8) is 0 Å². The number of rotatable bonds is 9. The van der Waals surface area contributed by atoms with Crippen LogP contribution in [0.2, 0.25) is 0 Å². The molecular formula is C15H23FN2O4S. The van der Waals surface area contributed by atoms with Gasteiger partial charge in [0.15, 0.2) is 0 Å². The van der Waals surface area contributed by atoms with Crippen LogP contribution in [0.1, 0.15) is 33.3 Å². The van der Waals surface area contributed by atoms with Gasteiger partial charge >= 0.3 is 0 Å². The van der Waals surface area contributed by atoms with Crippen molar-refractivity contribution in [2.24, 2.45) is 0 Å². The Labute approximate surface area is 136 Å². The van der Waals surface area contributed by atoms with Gasteiger partial charge in [-0.05, 0) is 45.4 Å². The van der Waals surface area contributed by atoms with Gasteiger partial charge in [-0.25, -0.2) is 17.5 Å². The molecule has 8 heteroatoms. The molecule has 0 heterocycles. The van der Waals surface area contributed by atoms with Crippen molar-refractivity contribution in [2.75, 3.05) is 18.2 Å². The molecule has 0 aliphatic carbocycles. The minimum absolute atomic E-state index is 0.301. The number of nitrogens with zero attached hydrogens (tertiary/aromatic N) is 1. The molecule has 0 aliphatic heterocycles. The molecule has 130 valence electrons. The van der Waals surface area contributed by atoms with Crippen LogP contribution in [0, 0.1) is 0 Å². The van der Waals surface area contributed by atoms with E-state index in [0.29, 0.717) is 24.3 Å². The topological polar surface area (TPSA) is 75.7 Å². The van der Waals surface area contributed by atoms with Gasteiger partial charge in [0.05, 0.1) is 17.5 Å². The lowest BCUT2D eigenvalue weighted by molar-refractivity contribution is -0.113. The van der Waals surface area contributed by atoms with Gasteiger partial charge in [0, 0.05) is 6.54 Å². The molecule has 0 saturated carbocycles. The maximum absolute atomic E-state index is 14.7. The summed E-state index contributed by atoms with van der Waals surface area (Å²) in [5, 5.41) is 0.411. The highest BCUT2D eigenvalue weighted by atomic mass is 32.2. The second-order valence-electron chi connectivity index (χ2n) is 5.51. The molecule has 1 N–H and O–H groups in total. The number of anilines is 1. The molecule has 0 radical (unpaired) electrons. The lowest BCUT2D eigenvalue weighted by Gasteiger charge is -2.23. The van der Waals surface area contributed by atoms with Crippen LogP contribution >= 0.6 is 0 Å². The van der Waals surface area contributed by atoms with E-state index < -0.39 is 20.9 Å². The van der Waals surface area contributed by atoms with Gasteiger partial charge in [-0.2, -0.15) is 5.06 Å². The molecule has 23 heavy (non-hydrogen) atoms. The van der Waals surface area contributed by atoms with Gasteiger partial charge in [0.2, 0.25) is 16.4 Å². The zero-order chi connectivity index (χ0) is 17.7. The fraction of sp³-hybridized carbons (Fsp3) is 0.533. The highest BCUT2D eigenvalue weighted by molar-refractivity contribution is 7.90. The van der Waals surface area contributed by atoms with Crippen molar-refractivity contribution in [2.45, 2.75) is 38.6 Å². The van der Waals surface area contributed by atoms with E-state index in [-0.39, 0.29) is 6.54 Å². The Kier molecular flexibility index (Phi) is 6.67. The van der Waals surface area contributed by atoms with E-state index in [4.69, 9.17) is 4.84 Å². The molecule has 1 aromatic carbocycles. The highest BCUT2D eigenvalue weighted by Crippen LogP contribution is 2.27. The van der Waals surface area contributed by atoms with E-state index >= 15 is 0 Å². The number of halogens is 1. The minimum atomic E-state index is -3.54. The Bertz CT molecular complexity index is 615. The van der Waals surface area contributed by atoms with Crippen LogP contribution in [0.4, 0.5) is 10.1 Å². The molecule has 0 aromatic heterocycles. The van der Waals surface area contributed by atoms with Crippen molar-refractivity contribution in [3.05, 3.63) is 29.8 Å². The maximum Gasteiger partial charge on any atom is 0.238 e. The van der Waals surface area contributed by atoms with Crippen LogP contribution in [0.25, 0.3) is 0 Å². The Morgan fingerprint density at radius 3 is 2.35 bits per heavy atom. The Morgan fingerprint density at radius 1 is 1.35 bits per heavy atom. The maximum atomic E-state index is 14.7. The minimum Gasteiger partial charge on any atom is -0.276 e. The van der Waals surface area contributed by atoms with Crippen LogP contribution in [-0.4, -0.2) is 33.2 Å². The third-order valence-corrected chi connectivity index (χ3v) is 5.10. The number of hydrogen-bond donors (Lipinski definition) is 1. The molecule has 0 spiro atoms. The summed E-state index contributed by atoms with van der Waals surface area (Å²) < 4.78 is 40.5. The lowest BCUT2D eigenvalue weighted by atomic mass is 9.98. The van der Waals surface area contributed by atoms with Crippen molar-refractivity contribution in [3.8, 4) is 0 Å². The van der Waals surface area contributed by atoms with Crippen molar-refractivity contribution < 1.29 is 22.4 Å². The van der Waals surface area contributed by atoms with E-state index in [0.717, 1.165) is 5.06 Å². The number of nitrogens with one attached hydrogen (secondary N) is 1. The summed E-state index contributed by atoms with van der Waals surface area (Å²) in [5.74, 6) is 0. The summed E-state index contributed by atoms with van der Waals surface area (Å²) in [7, 11) is -3.54.